The van der Waals surface area contributed by atoms with Crippen molar-refractivity contribution in [2.45, 2.75) is 78.7 Å². The minimum Gasteiger partial charge on any atom is -0.328 e. The quantitative estimate of drug-likeness (QED) is 0.443. The van der Waals surface area contributed by atoms with Gasteiger partial charge in [-0.1, -0.05) is 45.8 Å². The molecule has 3 saturated carbocycles. The van der Waals surface area contributed by atoms with Crippen molar-refractivity contribution in [3.05, 3.63) is 11.6 Å². The summed E-state index contributed by atoms with van der Waals surface area (Å²) in [7, 11) is 0. The molecular formula is C23H38N2O2. The van der Waals surface area contributed by atoms with E-state index in [9.17, 15) is 4.79 Å². The number of nitrogens with two attached hydrogens (primary N) is 1. The average Bonchev–Trinajstić information content (AvgIpc) is 2.99. The third kappa shape index (κ3) is 2.86. The van der Waals surface area contributed by atoms with E-state index in [0.29, 0.717) is 36.7 Å². The van der Waals surface area contributed by atoms with Crippen LogP contribution in [-0.4, -0.2) is 25.0 Å². The van der Waals surface area contributed by atoms with Crippen molar-refractivity contribution in [3.63, 3.8) is 0 Å². The Balaban J connectivity index is 1.65. The Morgan fingerprint density at radius 1 is 1.19 bits per heavy atom. The molecule has 4 nitrogen and oxygen atoms in total. The lowest BCUT2D eigenvalue weighted by Crippen LogP contribution is -2.60. The van der Waals surface area contributed by atoms with Gasteiger partial charge in [0.15, 0.2) is 5.78 Å². The zero-order chi connectivity index (χ0) is 19.4. The molecule has 0 aromatic heterocycles. The fraction of sp³-hybridized carbons (Fsp3) is 0.870. The zero-order valence-electron chi connectivity index (χ0n) is 17.6. The maximum Gasteiger partial charge on any atom is 0.153 e. The third-order valence-corrected chi connectivity index (χ3v) is 8.95. The summed E-state index contributed by atoms with van der Waals surface area (Å²) in [5.74, 6) is 2.58. The molecule has 3 fully saturated rings. The Kier molecular flexibility index (Phi) is 4.84. The van der Waals surface area contributed by atoms with Gasteiger partial charge in [0, 0.05) is 18.4 Å². The monoisotopic (exact) mass is 374 g/mol. The summed E-state index contributed by atoms with van der Waals surface area (Å²) in [4.78, 5) is 18.7. The molecule has 4 rings (SSSR count). The topological polar surface area (TPSA) is 64.3 Å². The smallest absolute Gasteiger partial charge is 0.153 e. The van der Waals surface area contributed by atoms with Crippen molar-refractivity contribution in [2.24, 2.45) is 39.7 Å². The fourth-order valence-electron chi connectivity index (χ4n) is 7.75. The number of carbonyl (C=O) groups is 1. The minimum atomic E-state index is -0.278. The normalized spacial score (nSPS) is 45.7. The number of hydroxylamine groups is 1. The predicted octanol–water partition coefficient (Wildman–Crippen LogP) is 4.00. The molecule has 0 amide bonds. The lowest BCUT2D eigenvalue weighted by molar-refractivity contribution is -0.139. The summed E-state index contributed by atoms with van der Waals surface area (Å²) in [5, 5.41) is 0. The summed E-state index contributed by atoms with van der Waals surface area (Å²) in [6.45, 7) is 10.3. The maximum absolute atomic E-state index is 13.2. The van der Waals surface area contributed by atoms with E-state index in [0.717, 1.165) is 11.8 Å². The first-order chi connectivity index (χ1) is 12.7. The van der Waals surface area contributed by atoms with Crippen LogP contribution in [0.2, 0.25) is 0 Å². The lowest BCUT2D eigenvalue weighted by atomic mass is 9.44. The summed E-state index contributed by atoms with van der Waals surface area (Å²) in [6.07, 6.45) is 11.2. The first kappa shape index (κ1) is 19.6. The number of Topliss-reactive ketones (excluding diaryl/α,β-unsaturated/α-hetero) is 1. The first-order valence-electron chi connectivity index (χ1n) is 11.1. The van der Waals surface area contributed by atoms with Gasteiger partial charge in [-0.3, -0.25) is 9.63 Å². The number of allylic oxidation sites excluding steroid dienone is 1. The Hall–Kier alpha value is -0.710. The highest BCUT2D eigenvalue weighted by Crippen LogP contribution is 2.66. The zero-order valence-corrected chi connectivity index (χ0v) is 17.6. The van der Waals surface area contributed by atoms with Crippen molar-refractivity contribution in [2.75, 3.05) is 13.2 Å². The molecule has 0 aromatic rings. The molecule has 0 heterocycles. The molecule has 0 radical (unpaired) electrons. The molecule has 0 saturated heterocycles. The van der Waals surface area contributed by atoms with Crippen LogP contribution in [0.4, 0.5) is 0 Å². The van der Waals surface area contributed by atoms with Gasteiger partial charge < -0.3 is 5.73 Å². The van der Waals surface area contributed by atoms with E-state index in [1.54, 1.807) is 0 Å². The van der Waals surface area contributed by atoms with Crippen molar-refractivity contribution in [1.82, 2.24) is 5.48 Å². The molecule has 6 atom stereocenters. The van der Waals surface area contributed by atoms with Gasteiger partial charge in [0.1, 0.15) is 0 Å². The van der Waals surface area contributed by atoms with Gasteiger partial charge in [-0.25, -0.2) is 0 Å². The fourth-order valence-corrected chi connectivity index (χ4v) is 7.75. The van der Waals surface area contributed by atoms with Crippen LogP contribution in [0.5, 0.6) is 0 Å². The Labute approximate surface area is 164 Å². The van der Waals surface area contributed by atoms with Gasteiger partial charge in [0.25, 0.3) is 0 Å². The lowest BCUT2D eigenvalue weighted by Gasteiger charge is -2.60. The van der Waals surface area contributed by atoms with Gasteiger partial charge in [0.2, 0.25) is 0 Å². The largest absolute Gasteiger partial charge is 0.328 e. The highest BCUT2D eigenvalue weighted by Gasteiger charge is 2.60. The number of hydrogen-bond acceptors (Lipinski definition) is 4. The molecule has 1 unspecified atom stereocenters. The molecule has 152 valence electrons. The second-order valence-electron chi connectivity index (χ2n) is 10.8. The van der Waals surface area contributed by atoms with Crippen LogP contribution in [0.1, 0.15) is 72.6 Å². The molecule has 0 bridgehead atoms. The van der Waals surface area contributed by atoms with Crippen LogP contribution in [0.15, 0.2) is 11.6 Å². The summed E-state index contributed by atoms with van der Waals surface area (Å²) in [5.41, 5.74) is 10.4. The van der Waals surface area contributed by atoms with E-state index in [4.69, 9.17) is 10.6 Å². The van der Waals surface area contributed by atoms with E-state index in [1.807, 2.05) is 0 Å². The maximum atomic E-state index is 13.2. The van der Waals surface area contributed by atoms with E-state index < -0.39 is 0 Å². The summed E-state index contributed by atoms with van der Waals surface area (Å²) < 4.78 is 0. The van der Waals surface area contributed by atoms with Gasteiger partial charge in [0.05, 0.1) is 12.6 Å². The molecule has 4 heteroatoms. The van der Waals surface area contributed by atoms with Crippen molar-refractivity contribution >= 4 is 5.78 Å². The standard InChI is InChI=1S/C23H38N2O2/c1-21(2)19-8-7-15-16-6-5-10-22(16,3)11-9-17(15)23(19,4)14-18(26)20(21)25-27-13-12-24/h8,15-17,20,25H,5-7,9-14,24H2,1-4H3/t15-,16-,17+,20?,22-,23+/m0/s1. The second-order valence-corrected chi connectivity index (χ2v) is 10.8. The number of ketones is 1. The van der Waals surface area contributed by atoms with Crippen molar-refractivity contribution < 1.29 is 9.63 Å². The SMILES string of the molecule is CC1(C)C2=CC[C@@H]3[C@@H](CC[C@]4(C)CCC[C@@H]34)[C@@]2(C)CC(=O)C1NOCCN. The number of hydrogen-bond donors (Lipinski definition) is 2. The highest BCUT2D eigenvalue weighted by molar-refractivity contribution is 5.88. The van der Waals surface area contributed by atoms with Crippen LogP contribution in [0, 0.1) is 34.0 Å². The van der Waals surface area contributed by atoms with Gasteiger partial charge >= 0.3 is 0 Å². The van der Waals surface area contributed by atoms with Crippen molar-refractivity contribution in [3.8, 4) is 0 Å². The van der Waals surface area contributed by atoms with Gasteiger partial charge in [-0.15, -0.1) is 0 Å². The summed E-state index contributed by atoms with van der Waals surface area (Å²) >= 11 is 0. The van der Waals surface area contributed by atoms with E-state index in [2.05, 4.69) is 39.3 Å². The molecule has 4 aliphatic carbocycles. The molecule has 0 aromatic carbocycles. The predicted molar refractivity (Wildman–Crippen MR) is 108 cm³/mol. The molecule has 0 aliphatic heterocycles. The Bertz CT molecular complexity index is 642. The highest BCUT2D eigenvalue weighted by atomic mass is 16.6. The van der Waals surface area contributed by atoms with Crippen LogP contribution in [0.25, 0.3) is 0 Å². The summed E-state index contributed by atoms with van der Waals surface area (Å²) in [6, 6.07) is -0.278. The number of rotatable bonds is 4. The van der Waals surface area contributed by atoms with E-state index >= 15 is 0 Å². The minimum absolute atomic E-state index is 0.0134. The average molecular weight is 375 g/mol. The van der Waals surface area contributed by atoms with Crippen LogP contribution < -0.4 is 11.2 Å². The number of fused-ring (bicyclic) bond motifs is 5. The second kappa shape index (κ2) is 6.67. The van der Waals surface area contributed by atoms with Crippen LogP contribution >= 0.6 is 0 Å². The third-order valence-electron chi connectivity index (χ3n) is 8.95. The molecular weight excluding hydrogens is 336 g/mol. The van der Waals surface area contributed by atoms with Crippen molar-refractivity contribution in [1.29, 1.82) is 0 Å². The Morgan fingerprint density at radius 2 is 1.96 bits per heavy atom. The molecule has 0 spiro atoms. The molecule has 3 N–H and O–H groups in total. The van der Waals surface area contributed by atoms with E-state index in [1.165, 1.54) is 44.1 Å². The van der Waals surface area contributed by atoms with Gasteiger partial charge in [-0.05, 0) is 60.7 Å². The van der Waals surface area contributed by atoms with Crippen LogP contribution in [-0.2, 0) is 9.63 Å². The van der Waals surface area contributed by atoms with E-state index in [-0.39, 0.29) is 16.9 Å². The van der Waals surface area contributed by atoms with Crippen LogP contribution in [0.3, 0.4) is 0 Å². The Morgan fingerprint density at radius 3 is 2.70 bits per heavy atom. The molecule has 4 aliphatic rings. The number of carbonyl (C=O) groups excluding carboxylic acids is 1. The van der Waals surface area contributed by atoms with Gasteiger partial charge in [-0.2, -0.15) is 5.48 Å². The number of nitrogens with one attached hydrogen (secondary N) is 1. The first-order valence-corrected chi connectivity index (χ1v) is 11.1. The molecule has 27 heavy (non-hydrogen) atoms.